The molecule has 0 aliphatic carbocycles. The molecule has 0 fully saturated rings. The van der Waals surface area contributed by atoms with Gasteiger partial charge in [0.2, 0.25) is 0 Å². The summed E-state index contributed by atoms with van der Waals surface area (Å²) in [4.78, 5) is 0. The lowest BCUT2D eigenvalue weighted by Crippen LogP contribution is -1.98. The Morgan fingerprint density at radius 3 is 1.32 bits per heavy atom. The van der Waals surface area contributed by atoms with E-state index in [9.17, 15) is 15.8 Å². The maximum Gasteiger partial charge on any atom is 0.101 e. The minimum atomic E-state index is 0.519. The van der Waals surface area contributed by atoms with Crippen molar-refractivity contribution in [3.63, 3.8) is 0 Å². The standard InChI is InChI=1S/C51H28N6/c52-29-32-13-21-50-42(25-32)43-26-33(30-53)14-22-51(43)57(50)45-23-17-35(27-36(45)31-54)34-15-18-37(19-16-34)55-48-12-6-3-9-41(48)44-28-38(20-24-49(44)55)56-46-10-4-1-7-39(46)40-8-2-5-11-47(40)56/h1-28H. The van der Waals surface area contributed by atoms with Crippen LogP contribution in [0.2, 0.25) is 0 Å². The second-order valence-corrected chi connectivity index (χ2v) is 14.3. The Labute approximate surface area is 326 Å². The van der Waals surface area contributed by atoms with Crippen molar-refractivity contribution in [2.45, 2.75) is 0 Å². The van der Waals surface area contributed by atoms with Gasteiger partial charge in [-0.05, 0) is 108 Å². The van der Waals surface area contributed by atoms with E-state index < -0.39 is 0 Å². The SMILES string of the molecule is N#Cc1ccc2c(c1)c1cc(C#N)ccc1n2-c1ccc(-c2ccc(-n3c4ccccc4c4cc(-n5c6ccccc6c6ccccc65)ccc43)cc2)cc1C#N. The number of para-hydroxylation sites is 3. The van der Waals surface area contributed by atoms with Gasteiger partial charge in [-0.25, -0.2) is 0 Å². The molecule has 6 nitrogen and oxygen atoms in total. The third-order valence-corrected chi connectivity index (χ3v) is 11.3. The van der Waals surface area contributed by atoms with Crippen LogP contribution >= 0.6 is 0 Å². The average Bonchev–Trinajstić information content (AvgIpc) is 3.91. The number of nitrogens with zero attached hydrogens (tertiary/aromatic N) is 6. The second-order valence-electron chi connectivity index (χ2n) is 14.3. The Morgan fingerprint density at radius 2 is 0.754 bits per heavy atom. The molecular formula is C51H28N6. The fourth-order valence-corrected chi connectivity index (χ4v) is 8.80. The lowest BCUT2D eigenvalue weighted by Gasteiger charge is -2.13. The lowest BCUT2D eigenvalue weighted by atomic mass is 10.0. The number of aromatic nitrogens is 3. The molecule has 57 heavy (non-hydrogen) atoms. The second kappa shape index (κ2) is 12.3. The number of rotatable bonds is 4. The lowest BCUT2D eigenvalue weighted by molar-refractivity contribution is 1.16. The van der Waals surface area contributed by atoms with E-state index >= 15 is 0 Å². The Kier molecular flexibility index (Phi) is 6.95. The van der Waals surface area contributed by atoms with Gasteiger partial charge in [-0.15, -0.1) is 0 Å². The molecule has 0 atom stereocenters. The molecule has 0 radical (unpaired) electrons. The first-order valence-corrected chi connectivity index (χ1v) is 18.7. The van der Waals surface area contributed by atoms with Gasteiger partial charge in [0.05, 0.1) is 67.6 Å². The van der Waals surface area contributed by atoms with E-state index in [2.05, 4.69) is 143 Å². The van der Waals surface area contributed by atoms with E-state index in [0.717, 1.165) is 61.0 Å². The summed E-state index contributed by atoms with van der Waals surface area (Å²) >= 11 is 0. The van der Waals surface area contributed by atoms with Crippen LogP contribution in [-0.2, 0) is 0 Å². The molecule has 0 N–H and O–H groups in total. The topological polar surface area (TPSA) is 86.2 Å². The molecular weight excluding hydrogens is 697 g/mol. The number of nitriles is 3. The molecule has 262 valence electrons. The van der Waals surface area contributed by atoms with Gasteiger partial charge in [0.1, 0.15) is 6.07 Å². The van der Waals surface area contributed by atoms with E-state index in [-0.39, 0.29) is 0 Å². The summed E-state index contributed by atoms with van der Waals surface area (Å²) in [6.45, 7) is 0. The van der Waals surface area contributed by atoms with Crippen molar-refractivity contribution in [3.05, 3.63) is 187 Å². The molecule has 0 unspecified atom stereocenters. The van der Waals surface area contributed by atoms with Crippen molar-refractivity contribution in [1.29, 1.82) is 15.8 Å². The summed E-state index contributed by atoms with van der Waals surface area (Å²) in [6.07, 6.45) is 0. The van der Waals surface area contributed by atoms with Gasteiger partial charge in [0, 0.05) is 43.7 Å². The summed E-state index contributed by atoms with van der Waals surface area (Å²) in [5, 5.41) is 36.3. The summed E-state index contributed by atoms with van der Waals surface area (Å²) in [5.74, 6) is 0. The Balaban J connectivity index is 1.01. The van der Waals surface area contributed by atoms with Crippen LogP contribution in [0.4, 0.5) is 0 Å². The quantitative estimate of drug-likeness (QED) is 0.181. The third kappa shape index (κ3) is 4.74. The molecule has 3 heterocycles. The van der Waals surface area contributed by atoms with Crippen LogP contribution in [0.15, 0.2) is 170 Å². The van der Waals surface area contributed by atoms with Gasteiger partial charge in [0.25, 0.3) is 0 Å². The summed E-state index contributed by atoms with van der Waals surface area (Å²) in [7, 11) is 0. The van der Waals surface area contributed by atoms with Crippen molar-refractivity contribution in [1.82, 2.24) is 13.7 Å². The monoisotopic (exact) mass is 724 g/mol. The van der Waals surface area contributed by atoms with Crippen LogP contribution in [0.3, 0.4) is 0 Å². The van der Waals surface area contributed by atoms with Gasteiger partial charge >= 0.3 is 0 Å². The first-order valence-electron chi connectivity index (χ1n) is 18.7. The highest BCUT2D eigenvalue weighted by Gasteiger charge is 2.19. The first-order chi connectivity index (χ1) is 28.1. The number of benzene rings is 8. The molecule has 0 aliphatic heterocycles. The summed E-state index contributed by atoms with van der Waals surface area (Å²) in [6, 6.07) is 65.0. The first kappa shape index (κ1) is 32.1. The molecule has 0 saturated heterocycles. The molecule has 11 aromatic rings. The molecule has 0 bridgehead atoms. The van der Waals surface area contributed by atoms with Crippen LogP contribution < -0.4 is 0 Å². The molecule has 0 spiro atoms. The van der Waals surface area contributed by atoms with Gasteiger partial charge in [-0.1, -0.05) is 72.8 Å². The fraction of sp³-hybridized carbons (Fsp3) is 0. The third-order valence-electron chi connectivity index (χ3n) is 11.3. The zero-order valence-electron chi connectivity index (χ0n) is 30.3. The van der Waals surface area contributed by atoms with E-state index in [1.165, 1.54) is 32.6 Å². The average molecular weight is 725 g/mol. The highest BCUT2D eigenvalue weighted by molar-refractivity contribution is 6.13. The van der Waals surface area contributed by atoms with Crippen LogP contribution in [0.5, 0.6) is 0 Å². The van der Waals surface area contributed by atoms with Crippen molar-refractivity contribution >= 4 is 65.4 Å². The largest absolute Gasteiger partial charge is 0.309 e. The fourth-order valence-electron chi connectivity index (χ4n) is 8.80. The molecule has 11 rings (SSSR count). The van der Waals surface area contributed by atoms with Gasteiger partial charge in [0.15, 0.2) is 0 Å². The number of fused-ring (bicyclic) bond motifs is 9. The van der Waals surface area contributed by atoms with Crippen molar-refractivity contribution in [2.75, 3.05) is 0 Å². The number of hydrogen-bond donors (Lipinski definition) is 0. The highest BCUT2D eigenvalue weighted by atomic mass is 15.0. The molecule has 8 aromatic carbocycles. The maximum atomic E-state index is 10.5. The van der Waals surface area contributed by atoms with E-state index in [1.807, 2.05) is 47.0 Å². The summed E-state index contributed by atoms with van der Waals surface area (Å²) in [5.41, 5.74) is 12.8. The van der Waals surface area contributed by atoms with Crippen LogP contribution in [0.1, 0.15) is 16.7 Å². The molecule has 0 aliphatic rings. The van der Waals surface area contributed by atoms with E-state index in [1.54, 1.807) is 12.1 Å². The number of hydrogen-bond acceptors (Lipinski definition) is 3. The molecule has 3 aromatic heterocycles. The Hall–Kier alpha value is -8.37. The van der Waals surface area contributed by atoms with Crippen LogP contribution in [-0.4, -0.2) is 13.7 Å². The Morgan fingerprint density at radius 1 is 0.316 bits per heavy atom. The minimum absolute atomic E-state index is 0.519. The molecule has 0 amide bonds. The molecule has 6 heteroatoms. The summed E-state index contributed by atoms with van der Waals surface area (Å²) < 4.78 is 6.74. The van der Waals surface area contributed by atoms with Gasteiger partial charge in [-0.3, -0.25) is 0 Å². The van der Waals surface area contributed by atoms with E-state index in [0.29, 0.717) is 16.7 Å². The van der Waals surface area contributed by atoms with Gasteiger partial charge < -0.3 is 13.7 Å². The van der Waals surface area contributed by atoms with Crippen molar-refractivity contribution in [3.8, 4) is 46.4 Å². The van der Waals surface area contributed by atoms with E-state index in [4.69, 9.17) is 0 Å². The predicted octanol–water partition coefficient (Wildman–Crippen LogP) is 12.3. The van der Waals surface area contributed by atoms with Gasteiger partial charge in [-0.2, -0.15) is 15.8 Å². The van der Waals surface area contributed by atoms with Crippen molar-refractivity contribution < 1.29 is 0 Å². The minimum Gasteiger partial charge on any atom is -0.309 e. The van der Waals surface area contributed by atoms with Crippen LogP contribution in [0.25, 0.3) is 93.6 Å². The highest BCUT2D eigenvalue weighted by Crippen LogP contribution is 2.39. The zero-order chi connectivity index (χ0) is 38.2. The molecule has 0 saturated carbocycles. The maximum absolute atomic E-state index is 10.5. The predicted molar refractivity (Wildman–Crippen MR) is 229 cm³/mol. The van der Waals surface area contributed by atoms with Crippen LogP contribution in [0, 0.1) is 34.0 Å². The normalized spacial score (nSPS) is 11.5. The Bertz CT molecular complexity index is 3490. The smallest absolute Gasteiger partial charge is 0.101 e. The van der Waals surface area contributed by atoms with Crippen molar-refractivity contribution in [2.24, 2.45) is 0 Å². The zero-order valence-corrected chi connectivity index (χ0v) is 30.3.